The molecular formula is C21H23Cl2N7O3. The number of carbonyl (C=O) groups is 2. The Labute approximate surface area is 200 Å². The second-order valence-corrected chi connectivity index (χ2v) is 8.34. The molecule has 1 aliphatic heterocycles. The SMILES string of the molecule is CCOC(=O)CCc1c(C)nc2ncnn2c1N1CCN(C(=O)c2cc(Cl)cnc2Cl)CC1. The fraction of sp³-hybridized carbons (Fsp3) is 0.429. The Balaban J connectivity index is 1.56. The Morgan fingerprint density at radius 1 is 1.15 bits per heavy atom. The van der Waals surface area contributed by atoms with E-state index in [-0.39, 0.29) is 29.0 Å². The topological polar surface area (TPSA) is 106 Å². The van der Waals surface area contributed by atoms with Crippen LogP contribution in [0, 0.1) is 6.92 Å². The Hall–Kier alpha value is -2.98. The highest BCUT2D eigenvalue weighted by atomic mass is 35.5. The molecule has 10 nitrogen and oxygen atoms in total. The summed E-state index contributed by atoms with van der Waals surface area (Å²) in [7, 11) is 0. The van der Waals surface area contributed by atoms with Gasteiger partial charge in [0, 0.05) is 50.1 Å². The van der Waals surface area contributed by atoms with Crippen molar-refractivity contribution in [1.82, 2.24) is 29.5 Å². The van der Waals surface area contributed by atoms with Crippen LogP contribution >= 0.6 is 23.2 Å². The summed E-state index contributed by atoms with van der Waals surface area (Å²) in [6.45, 7) is 6.07. The summed E-state index contributed by atoms with van der Waals surface area (Å²) in [5, 5.41) is 4.83. The summed E-state index contributed by atoms with van der Waals surface area (Å²) in [5.74, 6) is 0.837. The van der Waals surface area contributed by atoms with E-state index < -0.39 is 0 Å². The largest absolute Gasteiger partial charge is 0.466 e. The van der Waals surface area contributed by atoms with Gasteiger partial charge in [-0.3, -0.25) is 9.59 Å². The standard InChI is InChI=1S/C21H23Cl2N7O3/c1-3-33-17(31)5-4-15-13(2)27-21-25-12-26-30(21)19(15)28-6-8-29(9-7-28)20(32)16-10-14(22)11-24-18(16)23/h10-12H,3-9H2,1-2H3. The zero-order valence-corrected chi connectivity index (χ0v) is 19.8. The van der Waals surface area contributed by atoms with E-state index in [0.717, 1.165) is 17.1 Å². The van der Waals surface area contributed by atoms with Crippen LogP contribution in [0.15, 0.2) is 18.6 Å². The van der Waals surface area contributed by atoms with E-state index in [0.29, 0.717) is 50.0 Å². The quantitative estimate of drug-likeness (QED) is 0.382. The summed E-state index contributed by atoms with van der Waals surface area (Å²) in [5.41, 5.74) is 1.97. The van der Waals surface area contributed by atoms with Gasteiger partial charge in [0.1, 0.15) is 17.3 Å². The minimum absolute atomic E-state index is 0.127. The summed E-state index contributed by atoms with van der Waals surface area (Å²) in [4.78, 5) is 41.5. The van der Waals surface area contributed by atoms with Crippen molar-refractivity contribution in [3.63, 3.8) is 0 Å². The monoisotopic (exact) mass is 491 g/mol. The van der Waals surface area contributed by atoms with Crippen molar-refractivity contribution >= 4 is 46.7 Å². The van der Waals surface area contributed by atoms with Gasteiger partial charge < -0.3 is 14.5 Å². The highest BCUT2D eigenvalue weighted by molar-refractivity contribution is 6.34. The second-order valence-electron chi connectivity index (χ2n) is 7.55. The lowest BCUT2D eigenvalue weighted by Gasteiger charge is -2.37. The van der Waals surface area contributed by atoms with Gasteiger partial charge in [0.25, 0.3) is 11.7 Å². The van der Waals surface area contributed by atoms with Crippen LogP contribution < -0.4 is 4.90 Å². The van der Waals surface area contributed by atoms with E-state index in [1.165, 1.54) is 18.6 Å². The zero-order valence-electron chi connectivity index (χ0n) is 18.3. The smallest absolute Gasteiger partial charge is 0.306 e. The number of fused-ring (bicyclic) bond motifs is 1. The molecule has 0 spiro atoms. The second kappa shape index (κ2) is 9.88. The van der Waals surface area contributed by atoms with Gasteiger partial charge in [0.2, 0.25) is 0 Å². The van der Waals surface area contributed by atoms with Crippen molar-refractivity contribution in [2.45, 2.75) is 26.7 Å². The Morgan fingerprint density at radius 3 is 2.64 bits per heavy atom. The molecule has 1 saturated heterocycles. The van der Waals surface area contributed by atoms with Gasteiger partial charge >= 0.3 is 5.97 Å². The number of ether oxygens (including phenoxy) is 1. The van der Waals surface area contributed by atoms with Crippen molar-refractivity contribution in [2.75, 3.05) is 37.7 Å². The highest BCUT2D eigenvalue weighted by Gasteiger charge is 2.28. The van der Waals surface area contributed by atoms with Crippen molar-refractivity contribution in [1.29, 1.82) is 0 Å². The summed E-state index contributed by atoms with van der Waals surface area (Å²) in [6.07, 6.45) is 3.56. The molecule has 0 unspecified atom stereocenters. The van der Waals surface area contributed by atoms with E-state index in [1.807, 2.05) is 6.92 Å². The Morgan fingerprint density at radius 2 is 1.91 bits per heavy atom. The number of carbonyl (C=O) groups excluding carboxylic acids is 2. The van der Waals surface area contributed by atoms with E-state index in [2.05, 4.69) is 25.0 Å². The number of amides is 1. The number of nitrogens with zero attached hydrogens (tertiary/aromatic N) is 7. The maximum absolute atomic E-state index is 13.0. The van der Waals surface area contributed by atoms with Crippen LogP contribution in [0.1, 0.15) is 35.0 Å². The summed E-state index contributed by atoms with van der Waals surface area (Å²) < 4.78 is 6.77. The molecule has 0 bridgehead atoms. The first kappa shape index (κ1) is 23.2. The van der Waals surface area contributed by atoms with Crippen molar-refractivity contribution in [3.8, 4) is 0 Å². The van der Waals surface area contributed by atoms with Crippen LogP contribution in [0.25, 0.3) is 5.78 Å². The molecule has 33 heavy (non-hydrogen) atoms. The summed E-state index contributed by atoms with van der Waals surface area (Å²) >= 11 is 12.1. The van der Waals surface area contributed by atoms with E-state index in [1.54, 1.807) is 16.3 Å². The lowest BCUT2D eigenvalue weighted by molar-refractivity contribution is -0.143. The molecule has 0 aliphatic carbocycles. The third-order valence-electron chi connectivity index (χ3n) is 5.49. The number of halogens is 2. The minimum Gasteiger partial charge on any atom is -0.466 e. The van der Waals surface area contributed by atoms with Crippen LogP contribution in [0.4, 0.5) is 5.82 Å². The molecule has 4 heterocycles. The average molecular weight is 492 g/mol. The number of rotatable bonds is 6. The van der Waals surface area contributed by atoms with Gasteiger partial charge in [0.15, 0.2) is 0 Å². The molecule has 0 atom stereocenters. The third-order valence-corrected chi connectivity index (χ3v) is 6.00. The van der Waals surface area contributed by atoms with Gasteiger partial charge in [-0.15, -0.1) is 0 Å². The molecular weight excluding hydrogens is 469 g/mol. The van der Waals surface area contributed by atoms with Crippen molar-refractivity contribution < 1.29 is 14.3 Å². The van der Waals surface area contributed by atoms with Gasteiger partial charge in [-0.25, -0.2) is 9.97 Å². The highest BCUT2D eigenvalue weighted by Crippen LogP contribution is 2.27. The molecule has 0 radical (unpaired) electrons. The summed E-state index contributed by atoms with van der Waals surface area (Å²) in [6, 6.07) is 1.53. The minimum atomic E-state index is -0.260. The van der Waals surface area contributed by atoms with Crippen LogP contribution in [0.5, 0.6) is 0 Å². The normalized spacial score (nSPS) is 14.1. The van der Waals surface area contributed by atoms with Gasteiger partial charge in [0.05, 0.1) is 17.2 Å². The molecule has 4 rings (SSSR count). The van der Waals surface area contributed by atoms with Crippen LogP contribution in [-0.2, 0) is 16.0 Å². The van der Waals surface area contributed by atoms with E-state index >= 15 is 0 Å². The van der Waals surface area contributed by atoms with Crippen LogP contribution in [0.3, 0.4) is 0 Å². The van der Waals surface area contributed by atoms with Crippen LogP contribution in [-0.4, -0.2) is 74.1 Å². The fourth-order valence-electron chi connectivity index (χ4n) is 3.91. The maximum Gasteiger partial charge on any atom is 0.306 e. The number of anilines is 1. The Bertz CT molecular complexity index is 1190. The van der Waals surface area contributed by atoms with Gasteiger partial charge in [-0.05, 0) is 26.3 Å². The molecule has 1 fully saturated rings. The Kier molecular flexibility index (Phi) is 6.94. The third kappa shape index (κ3) is 4.86. The van der Waals surface area contributed by atoms with Gasteiger partial charge in [-0.2, -0.15) is 14.6 Å². The first-order chi connectivity index (χ1) is 15.9. The predicted molar refractivity (Wildman–Crippen MR) is 123 cm³/mol. The fourth-order valence-corrected chi connectivity index (χ4v) is 4.25. The average Bonchev–Trinajstić information content (AvgIpc) is 3.26. The molecule has 1 aliphatic rings. The number of pyridine rings is 1. The van der Waals surface area contributed by atoms with Gasteiger partial charge in [-0.1, -0.05) is 23.2 Å². The lowest BCUT2D eigenvalue weighted by Crippen LogP contribution is -2.49. The zero-order chi connectivity index (χ0) is 23.5. The number of aryl methyl sites for hydroxylation is 1. The molecule has 3 aromatic heterocycles. The van der Waals surface area contributed by atoms with Crippen molar-refractivity contribution in [2.24, 2.45) is 0 Å². The number of esters is 1. The van der Waals surface area contributed by atoms with E-state index in [9.17, 15) is 9.59 Å². The first-order valence-corrected chi connectivity index (χ1v) is 11.3. The maximum atomic E-state index is 13.0. The van der Waals surface area contributed by atoms with E-state index in [4.69, 9.17) is 27.9 Å². The molecule has 0 N–H and O–H groups in total. The molecule has 0 aromatic carbocycles. The number of aromatic nitrogens is 5. The molecule has 174 valence electrons. The lowest BCUT2D eigenvalue weighted by atomic mass is 10.1. The van der Waals surface area contributed by atoms with Crippen LogP contribution in [0.2, 0.25) is 10.2 Å². The molecule has 3 aromatic rings. The molecule has 1 amide bonds. The van der Waals surface area contributed by atoms with Crippen molar-refractivity contribution in [3.05, 3.63) is 45.6 Å². The number of piperazine rings is 1. The number of hydrogen-bond acceptors (Lipinski definition) is 8. The number of hydrogen-bond donors (Lipinski definition) is 0. The first-order valence-electron chi connectivity index (χ1n) is 10.6. The molecule has 12 heteroatoms. The molecule has 0 saturated carbocycles. The predicted octanol–water partition coefficient (Wildman–Crippen LogP) is 2.59.